The predicted octanol–water partition coefficient (Wildman–Crippen LogP) is 5.02. The van der Waals surface area contributed by atoms with Crippen molar-refractivity contribution in [3.8, 4) is 0 Å². The van der Waals surface area contributed by atoms with Crippen molar-refractivity contribution < 1.29 is 14.3 Å². The molecule has 0 saturated heterocycles. The van der Waals surface area contributed by atoms with Gasteiger partial charge < -0.3 is 10.1 Å². The standard InChI is InChI=1S/C20H17Cl2NO3S/c1-2-26-20(25)15-11-17(12-6-4-3-5-7-12)27-19(15)23-18(24)14-9-8-13(21)10-16(14)22/h3-11,15,19H,2H2,1H3,(H,23,24). The molecule has 0 aliphatic carbocycles. The highest BCUT2D eigenvalue weighted by molar-refractivity contribution is 8.09. The molecule has 2 aromatic carbocycles. The van der Waals surface area contributed by atoms with Gasteiger partial charge in [-0.25, -0.2) is 0 Å². The van der Waals surface area contributed by atoms with E-state index in [0.29, 0.717) is 10.6 Å². The quantitative estimate of drug-likeness (QED) is 0.688. The van der Waals surface area contributed by atoms with Crippen molar-refractivity contribution in [1.29, 1.82) is 0 Å². The monoisotopic (exact) mass is 421 g/mol. The van der Waals surface area contributed by atoms with Crippen molar-refractivity contribution in [3.05, 3.63) is 75.8 Å². The normalized spacial score (nSPS) is 18.7. The van der Waals surface area contributed by atoms with Gasteiger partial charge in [-0.3, -0.25) is 9.59 Å². The number of thioether (sulfide) groups is 1. The molecule has 4 nitrogen and oxygen atoms in total. The minimum absolute atomic E-state index is 0.256. The Balaban J connectivity index is 1.82. The van der Waals surface area contributed by atoms with E-state index in [4.69, 9.17) is 27.9 Å². The third kappa shape index (κ3) is 4.67. The molecule has 2 aromatic rings. The number of esters is 1. The number of hydrogen-bond donors (Lipinski definition) is 1. The summed E-state index contributed by atoms with van der Waals surface area (Å²) in [5.41, 5.74) is 1.29. The highest BCUT2D eigenvalue weighted by atomic mass is 35.5. The predicted molar refractivity (Wildman–Crippen MR) is 110 cm³/mol. The minimum Gasteiger partial charge on any atom is -0.465 e. The number of benzene rings is 2. The third-order valence-corrected chi connectivity index (χ3v) is 5.82. The molecule has 3 rings (SSSR count). The molecule has 2 unspecified atom stereocenters. The molecule has 0 fully saturated rings. The molecule has 1 heterocycles. The van der Waals surface area contributed by atoms with Crippen molar-refractivity contribution in [3.63, 3.8) is 0 Å². The summed E-state index contributed by atoms with van der Waals surface area (Å²) in [5.74, 6) is -1.32. The number of halogens is 2. The molecular formula is C20H17Cl2NO3S. The van der Waals surface area contributed by atoms with Crippen LogP contribution in [0.25, 0.3) is 4.91 Å². The summed E-state index contributed by atoms with van der Waals surface area (Å²) >= 11 is 13.4. The van der Waals surface area contributed by atoms with Crippen LogP contribution in [0.3, 0.4) is 0 Å². The molecule has 1 amide bonds. The number of nitrogens with one attached hydrogen (secondary N) is 1. The van der Waals surface area contributed by atoms with Crippen molar-refractivity contribution in [2.24, 2.45) is 5.92 Å². The van der Waals surface area contributed by atoms with Crippen LogP contribution in [0.15, 0.2) is 54.6 Å². The van der Waals surface area contributed by atoms with Gasteiger partial charge in [-0.2, -0.15) is 0 Å². The van der Waals surface area contributed by atoms with Crippen LogP contribution in [0.2, 0.25) is 10.0 Å². The first-order valence-electron chi connectivity index (χ1n) is 8.36. The molecule has 0 saturated carbocycles. The Hall–Kier alpha value is -1.95. The fraction of sp³-hybridized carbons (Fsp3) is 0.200. The van der Waals surface area contributed by atoms with Crippen LogP contribution in [0.5, 0.6) is 0 Å². The lowest BCUT2D eigenvalue weighted by molar-refractivity contribution is -0.146. The van der Waals surface area contributed by atoms with Gasteiger partial charge in [0, 0.05) is 9.93 Å². The van der Waals surface area contributed by atoms with Crippen molar-refractivity contribution in [2.75, 3.05) is 6.61 Å². The van der Waals surface area contributed by atoms with Gasteiger partial charge in [-0.15, -0.1) is 0 Å². The average molecular weight is 422 g/mol. The zero-order chi connectivity index (χ0) is 19.4. The summed E-state index contributed by atoms with van der Waals surface area (Å²) in [6.45, 7) is 2.03. The third-order valence-electron chi connectivity index (χ3n) is 3.98. The molecule has 0 aromatic heterocycles. The first kappa shape index (κ1) is 19.8. The summed E-state index contributed by atoms with van der Waals surface area (Å²) < 4.78 is 5.18. The van der Waals surface area contributed by atoms with Crippen LogP contribution in [0, 0.1) is 5.92 Å². The van der Waals surface area contributed by atoms with E-state index in [9.17, 15) is 9.59 Å². The lowest BCUT2D eigenvalue weighted by Gasteiger charge is -2.19. The lowest BCUT2D eigenvalue weighted by atomic mass is 10.1. The molecule has 1 aliphatic rings. The smallest absolute Gasteiger partial charge is 0.315 e. The van der Waals surface area contributed by atoms with E-state index in [-0.39, 0.29) is 23.5 Å². The molecule has 0 radical (unpaired) electrons. The van der Waals surface area contributed by atoms with Crippen molar-refractivity contribution in [2.45, 2.75) is 12.3 Å². The SMILES string of the molecule is CCOC(=O)C1C=C(c2ccccc2)SC1NC(=O)c1ccc(Cl)cc1Cl. The molecule has 1 N–H and O–H groups in total. The van der Waals surface area contributed by atoms with E-state index in [1.165, 1.54) is 17.8 Å². The number of rotatable bonds is 5. The average Bonchev–Trinajstić information content (AvgIpc) is 3.06. The van der Waals surface area contributed by atoms with Gasteiger partial charge in [0.05, 0.1) is 22.6 Å². The Kier molecular flexibility index (Phi) is 6.47. The summed E-state index contributed by atoms with van der Waals surface area (Å²) in [6, 6.07) is 14.4. The number of hydrogen-bond acceptors (Lipinski definition) is 4. The summed E-state index contributed by atoms with van der Waals surface area (Å²) in [4.78, 5) is 26.0. The Morgan fingerprint density at radius 3 is 2.56 bits per heavy atom. The lowest BCUT2D eigenvalue weighted by Crippen LogP contribution is -2.39. The van der Waals surface area contributed by atoms with Crippen molar-refractivity contribution in [1.82, 2.24) is 5.32 Å². The number of amides is 1. The van der Waals surface area contributed by atoms with Gasteiger partial charge in [-0.05, 0) is 30.7 Å². The van der Waals surface area contributed by atoms with E-state index in [0.717, 1.165) is 10.5 Å². The van der Waals surface area contributed by atoms with Crippen LogP contribution in [-0.4, -0.2) is 23.9 Å². The minimum atomic E-state index is -0.583. The fourth-order valence-corrected chi connectivity index (χ4v) is 4.46. The topological polar surface area (TPSA) is 55.4 Å². The Morgan fingerprint density at radius 2 is 1.89 bits per heavy atom. The summed E-state index contributed by atoms with van der Waals surface area (Å²) in [6.07, 6.45) is 1.84. The van der Waals surface area contributed by atoms with Gasteiger partial charge >= 0.3 is 5.97 Å². The molecule has 140 valence electrons. The van der Waals surface area contributed by atoms with E-state index >= 15 is 0 Å². The first-order valence-corrected chi connectivity index (χ1v) is 9.99. The van der Waals surface area contributed by atoms with E-state index in [1.54, 1.807) is 19.1 Å². The Morgan fingerprint density at radius 1 is 1.15 bits per heavy atom. The van der Waals surface area contributed by atoms with E-state index in [2.05, 4.69) is 5.32 Å². The summed E-state index contributed by atoms with van der Waals surface area (Å²) in [5, 5.41) is 3.11. The first-order chi connectivity index (χ1) is 13.0. The molecular weight excluding hydrogens is 405 g/mol. The highest BCUT2D eigenvalue weighted by Crippen LogP contribution is 2.42. The van der Waals surface area contributed by atoms with Crippen LogP contribution in [0.4, 0.5) is 0 Å². The zero-order valence-corrected chi connectivity index (χ0v) is 16.8. The largest absolute Gasteiger partial charge is 0.465 e. The number of ether oxygens (including phenoxy) is 1. The maximum atomic E-state index is 12.7. The van der Waals surface area contributed by atoms with E-state index in [1.807, 2.05) is 36.4 Å². The second-order valence-corrected chi connectivity index (χ2v) is 7.84. The van der Waals surface area contributed by atoms with Gasteiger partial charge in [0.25, 0.3) is 5.91 Å². The number of carbonyl (C=O) groups excluding carboxylic acids is 2. The van der Waals surface area contributed by atoms with Gasteiger partial charge in [0.15, 0.2) is 0 Å². The van der Waals surface area contributed by atoms with E-state index < -0.39 is 11.3 Å². The maximum absolute atomic E-state index is 12.7. The Bertz CT molecular complexity index is 886. The van der Waals surface area contributed by atoms with Crippen LogP contribution >= 0.6 is 35.0 Å². The Labute approximate surface area is 171 Å². The van der Waals surface area contributed by atoms with Crippen LogP contribution in [-0.2, 0) is 9.53 Å². The molecule has 0 bridgehead atoms. The second-order valence-electron chi connectivity index (χ2n) is 5.81. The van der Waals surface area contributed by atoms with Crippen molar-refractivity contribution >= 4 is 51.7 Å². The molecule has 1 aliphatic heterocycles. The maximum Gasteiger partial charge on any atom is 0.315 e. The molecule has 0 spiro atoms. The van der Waals surface area contributed by atoms with Gasteiger partial charge in [0.2, 0.25) is 0 Å². The zero-order valence-electron chi connectivity index (χ0n) is 14.4. The molecule has 7 heteroatoms. The molecule has 27 heavy (non-hydrogen) atoms. The summed E-state index contributed by atoms with van der Waals surface area (Å²) in [7, 11) is 0. The molecule has 2 atom stereocenters. The number of carbonyl (C=O) groups is 2. The van der Waals surface area contributed by atoms with Crippen LogP contribution < -0.4 is 5.32 Å². The van der Waals surface area contributed by atoms with Crippen LogP contribution in [0.1, 0.15) is 22.8 Å². The highest BCUT2D eigenvalue weighted by Gasteiger charge is 2.36. The van der Waals surface area contributed by atoms with Gasteiger partial charge in [0.1, 0.15) is 5.92 Å². The fourth-order valence-electron chi connectivity index (χ4n) is 2.70. The van der Waals surface area contributed by atoms with Gasteiger partial charge in [-0.1, -0.05) is 71.4 Å². The second kappa shape index (κ2) is 8.83.